The Morgan fingerprint density at radius 2 is 2.00 bits per heavy atom. The molecule has 0 aliphatic rings. The van der Waals surface area contributed by atoms with Crippen LogP contribution >= 0.6 is 0 Å². The summed E-state index contributed by atoms with van der Waals surface area (Å²) in [5.41, 5.74) is 3.57. The molecule has 1 aromatic heterocycles. The van der Waals surface area contributed by atoms with Crippen LogP contribution in [0.5, 0.6) is 0 Å². The molecule has 0 amide bonds. The molecule has 0 saturated carbocycles. The molecular formula is C11H10F2N4. The van der Waals surface area contributed by atoms with E-state index in [9.17, 15) is 8.78 Å². The third kappa shape index (κ3) is 2.43. The van der Waals surface area contributed by atoms with Crippen LogP contribution in [0.15, 0.2) is 36.8 Å². The van der Waals surface area contributed by atoms with E-state index in [1.807, 2.05) is 0 Å². The number of hydrogen-bond acceptors (Lipinski definition) is 4. The molecule has 6 heteroatoms. The SMILES string of the molecule is NNC(c1ccc(F)c(F)c1)c1ccncn1. The van der Waals surface area contributed by atoms with E-state index < -0.39 is 17.7 Å². The van der Waals surface area contributed by atoms with Crippen molar-refractivity contribution in [1.82, 2.24) is 15.4 Å². The van der Waals surface area contributed by atoms with Gasteiger partial charge in [0.2, 0.25) is 0 Å². The van der Waals surface area contributed by atoms with Crippen LogP contribution in [0.25, 0.3) is 0 Å². The van der Waals surface area contributed by atoms with Crippen LogP contribution in [0.2, 0.25) is 0 Å². The zero-order valence-electron chi connectivity index (χ0n) is 8.77. The molecule has 0 bridgehead atoms. The summed E-state index contributed by atoms with van der Waals surface area (Å²) >= 11 is 0. The average molecular weight is 236 g/mol. The summed E-state index contributed by atoms with van der Waals surface area (Å²) < 4.78 is 25.9. The summed E-state index contributed by atoms with van der Waals surface area (Å²) in [6.07, 6.45) is 2.91. The van der Waals surface area contributed by atoms with Gasteiger partial charge in [-0.1, -0.05) is 6.07 Å². The Balaban J connectivity index is 2.39. The first kappa shape index (κ1) is 11.6. The largest absolute Gasteiger partial charge is 0.271 e. The number of rotatable bonds is 3. The fourth-order valence-electron chi connectivity index (χ4n) is 1.52. The first-order chi connectivity index (χ1) is 8.22. The lowest BCUT2D eigenvalue weighted by atomic mass is 10.0. The molecule has 2 aromatic rings. The molecule has 17 heavy (non-hydrogen) atoms. The molecule has 1 unspecified atom stereocenters. The first-order valence-corrected chi connectivity index (χ1v) is 4.89. The molecule has 0 fully saturated rings. The lowest BCUT2D eigenvalue weighted by molar-refractivity contribution is 0.503. The summed E-state index contributed by atoms with van der Waals surface area (Å²) in [6.45, 7) is 0. The number of aromatic nitrogens is 2. The standard InChI is InChI=1S/C11H10F2N4/c12-8-2-1-7(5-9(8)13)11(17-14)10-3-4-15-6-16-10/h1-6,11,17H,14H2. The number of nitrogens with two attached hydrogens (primary N) is 1. The van der Waals surface area contributed by atoms with Crippen molar-refractivity contribution in [2.24, 2.45) is 5.84 Å². The van der Waals surface area contributed by atoms with Crippen LogP contribution in [0.1, 0.15) is 17.3 Å². The monoisotopic (exact) mass is 236 g/mol. The van der Waals surface area contributed by atoms with Crippen LogP contribution in [-0.4, -0.2) is 9.97 Å². The van der Waals surface area contributed by atoms with Crippen LogP contribution in [0.4, 0.5) is 8.78 Å². The van der Waals surface area contributed by atoms with Gasteiger partial charge >= 0.3 is 0 Å². The lowest BCUT2D eigenvalue weighted by Crippen LogP contribution is -2.29. The average Bonchev–Trinajstić information content (AvgIpc) is 2.36. The second-order valence-corrected chi connectivity index (χ2v) is 3.41. The number of benzene rings is 1. The van der Waals surface area contributed by atoms with Gasteiger partial charge in [-0.05, 0) is 23.8 Å². The molecule has 88 valence electrons. The summed E-state index contributed by atoms with van der Waals surface area (Å²) in [5, 5.41) is 0. The van der Waals surface area contributed by atoms with Crippen molar-refractivity contribution in [3.8, 4) is 0 Å². The molecule has 1 atom stereocenters. The van der Waals surface area contributed by atoms with Crippen molar-refractivity contribution in [3.63, 3.8) is 0 Å². The van der Waals surface area contributed by atoms with E-state index in [4.69, 9.17) is 5.84 Å². The van der Waals surface area contributed by atoms with Crippen molar-refractivity contribution in [3.05, 3.63) is 59.7 Å². The highest BCUT2D eigenvalue weighted by atomic mass is 19.2. The van der Waals surface area contributed by atoms with Crippen molar-refractivity contribution < 1.29 is 8.78 Å². The quantitative estimate of drug-likeness (QED) is 0.623. The molecule has 1 heterocycles. The fraction of sp³-hybridized carbons (Fsp3) is 0.0909. The number of hydrazine groups is 1. The van der Waals surface area contributed by atoms with E-state index in [0.29, 0.717) is 11.3 Å². The molecule has 1 aromatic carbocycles. The van der Waals surface area contributed by atoms with E-state index >= 15 is 0 Å². The van der Waals surface area contributed by atoms with Gasteiger partial charge in [-0.15, -0.1) is 0 Å². The van der Waals surface area contributed by atoms with Crippen LogP contribution in [0.3, 0.4) is 0 Å². The molecule has 4 nitrogen and oxygen atoms in total. The fourth-order valence-corrected chi connectivity index (χ4v) is 1.52. The Bertz CT molecular complexity index is 504. The highest BCUT2D eigenvalue weighted by molar-refractivity contribution is 5.27. The predicted octanol–water partition coefficient (Wildman–Crippen LogP) is 1.31. The number of nitrogens with one attached hydrogen (secondary N) is 1. The second-order valence-electron chi connectivity index (χ2n) is 3.41. The van der Waals surface area contributed by atoms with Crippen LogP contribution in [0, 0.1) is 11.6 Å². The molecule has 0 aliphatic carbocycles. The van der Waals surface area contributed by atoms with E-state index in [1.165, 1.54) is 12.4 Å². The van der Waals surface area contributed by atoms with Crippen molar-refractivity contribution >= 4 is 0 Å². The van der Waals surface area contributed by atoms with Gasteiger partial charge in [0.25, 0.3) is 0 Å². The molecular weight excluding hydrogens is 226 g/mol. The Labute approximate surface area is 96.5 Å². The topological polar surface area (TPSA) is 63.8 Å². The highest BCUT2D eigenvalue weighted by Gasteiger charge is 2.15. The summed E-state index contributed by atoms with van der Waals surface area (Å²) in [5.74, 6) is 3.58. The lowest BCUT2D eigenvalue weighted by Gasteiger charge is -2.15. The van der Waals surface area contributed by atoms with Gasteiger partial charge in [0.15, 0.2) is 11.6 Å². The van der Waals surface area contributed by atoms with Gasteiger partial charge in [-0.3, -0.25) is 5.84 Å². The van der Waals surface area contributed by atoms with Crippen molar-refractivity contribution in [2.45, 2.75) is 6.04 Å². The summed E-state index contributed by atoms with van der Waals surface area (Å²) in [4.78, 5) is 7.78. The Morgan fingerprint density at radius 1 is 1.18 bits per heavy atom. The molecule has 0 spiro atoms. The van der Waals surface area contributed by atoms with E-state index in [1.54, 1.807) is 12.3 Å². The van der Waals surface area contributed by atoms with Gasteiger partial charge in [0, 0.05) is 6.20 Å². The Morgan fingerprint density at radius 3 is 2.59 bits per heavy atom. The predicted molar refractivity (Wildman–Crippen MR) is 57.6 cm³/mol. The first-order valence-electron chi connectivity index (χ1n) is 4.89. The van der Waals surface area contributed by atoms with Crippen LogP contribution < -0.4 is 11.3 Å². The van der Waals surface area contributed by atoms with E-state index in [0.717, 1.165) is 12.1 Å². The van der Waals surface area contributed by atoms with E-state index in [2.05, 4.69) is 15.4 Å². The molecule has 0 radical (unpaired) electrons. The molecule has 0 aliphatic heterocycles. The van der Waals surface area contributed by atoms with E-state index in [-0.39, 0.29) is 0 Å². The zero-order valence-corrected chi connectivity index (χ0v) is 8.77. The van der Waals surface area contributed by atoms with Gasteiger partial charge in [0.1, 0.15) is 6.33 Å². The minimum Gasteiger partial charge on any atom is -0.271 e. The molecule has 3 N–H and O–H groups in total. The maximum atomic E-state index is 13.1. The van der Waals surface area contributed by atoms with Crippen molar-refractivity contribution in [2.75, 3.05) is 0 Å². The normalized spacial score (nSPS) is 12.4. The van der Waals surface area contributed by atoms with Gasteiger partial charge < -0.3 is 0 Å². The maximum absolute atomic E-state index is 13.1. The maximum Gasteiger partial charge on any atom is 0.159 e. The van der Waals surface area contributed by atoms with Gasteiger partial charge in [-0.25, -0.2) is 24.2 Å². The molecule has 2 rings (SSSR count). The van der Waals surface area contributed by atoms with Gasteiger partial charge in [-0.2, -0.15) is 0 Å². The Kier molecular flexibility index (Phi) is 3.36. The number of hydrogen-bond donors (Lipinski definition) is 2. The third-order valence-corrected chi connectivity index (χ3v) is 2.34. The molecule has 0 saturated heterocycles. The number of halogens is 2. The number of nitrogens with zero attached hydrogens (tertiary/aromatic N) is 2. The highest BCUT2D eigenvalue weighted by Crippen LogP contribution is 2.20. The minimum absolute atomic E-state index is 0.491. The summed E-state index contributed by atoms with van der Waals surface area (Å²) in [7, 11) is 0. The van der Waals surface area contributed by atoms with Crippen molar-refractivity contribution in [1.29, 1.82) is 0 Å². The summed E-state index contributed by atoms with van der Waals surface area (Å²) in [6, 6.07) is 4.72. The van der Waals surface area contributed by atoms with Gasteiger partial charge in [0.05, 0.1) is 11.7 Å². The Hall–Kier alpha value is -1.92. The second kappa shape index (κ2) is 4.94. The smallest absolute Gasteiger partial charge is 0.159 e. The minimum atomic E-state index is -0.920. The van der Waals surface area contributed by atoms with Crippen LogP contribution in [-0.2, 0) is 0 Å². The third-order valence-electron chi connectivity index (χ3n) is 2.34. The zero-order chi connectivity index (χ0) is 12.3.